The Labute approximate surface area is 156 Å². The summed E-state index contributed by atoms with van der Waals surface area (Å²) in [4.78, 5) is 12.1. The minimum absolute atomic E-state index is 0.0921. The van der Waals surface area contributed by atoms with E-state index in [4.69, 9.17) is 9.15 Å². The van der Waals surface area contributed by atoms with Crippen LogP contribution in [-0.4, -0.2) is 15.6 Å². The largest absolute Gasteiger partial charge is 0.479 e. The van der Waals surface area contributed by atoms with E-state index in [-0.39, 0.29) is 23.4 Å². The van der Waals surface area contributed by atoms with Crippen LogP contribution < -0.4 is 4.74 Å². The lowest BCUT2D eigenvalue weighted by Crippen LogP contribution is -2.07. The third-order valence-electron chi connectivity index (χ3n) is 3.78. The summed E-state index contributed by atoms with van der Waals surface area (Å²) < 4.78 is 65.2. The molecule has 0 saturated heterocycles. The molecule has 0 saturated carbocycles. The van der Waals surface area contributed by atoms with Crippen LogP contribution in [0.1, 0.15) is 28.9 Å². The number of furan rings is 1. The normalized spacial score (nSPS) is 11.3. The minimum atomic E-state index is -1.64. The smallest absolute Gasteiger partial charge is 0.203 e. The number of carbonyl (C=O) groups excluding carboxylic acids is 1. The van der Waals surface area contributed by atoms with Gasteiger partial charge in [0.05, 0.1) is 0 Å². The highest BCUT2D eigenvalue weighted by atomic mass is 19.2. The van der Waals surface area contributed by atoms with Gasteiger partial charge in [-0.3, -0.25) is 9.48 Å². The molecule has 0 unspecified atom stereocenters. The van der Waals surface area contributed by atoms with Gasteiger partial charge in [-0.05, 0) is 37.3 Å². The summed E-state index contributed by atoms with van der Waals surface area (Å²) in [5, 5.41) is 4.00. The van der Waals surface area contributed by atoms with Gasteiger partial charge in [0.15, 0.2) is 17.4 Å². The van der Waals surface area contributed by atoms with Gasteiger partial charge in [-0.25, -0.2) is 8.78 Å². The van der Waals surface area contributed by atoms with E-state index < -0.39 is 35.6 Å². The van der Waals surface area contributed by atoms with Crippen LogP contribution in [0.3, 0.4) is 0 Å². The molecule has 0 fully saturated rings. The third kappa shape index (κ3) is 3.98. The highest BCUT2D eigenvalue weighted by molar-refractivity contribution is 6.05. The fourth-order valence-corrected chi connectivity index (χ4v) is 2.42. The molecule has 0 atom stereocenters. The molecule has 3 aromatic rings. The second-order valence-electron chi connectivity index (χ2n) is 5.62. The van der Waals surface area contributed by atoms with E-state index >= 15 is 0 Å². The quantitative estimate of drug-likeness (QED) is 0.256. The molecule has 0 amide bonds. The average molecular weight is 394 g/mol. The molecular formula is C19H14F4N2O3. The molecule has 0 aliphatic heterocycles. The zero-order valence-electron chi connectivity index (χ0n) is 14.6. The molecule has 0 aliphatic rings. The van der Waals surface area contributed by atoms with E-state index in [1.807, 2.05) is 6.92 Å². The van der Waals surface area contributed by atoms with Crippen LogP contribution in [0.4, 0.5) is 17.6 Å². The van der Waals surface area contributed by atoms with Crippen molar-refractivity contribution in [2.75, 3.05) is 0 Å². The second kappa shape index (κ2) is 8.12. The van der Waals surface area contributed by atoms with Crippen molar-refractivity contribution in [3.05, 3.63) is 77.0 Å². The van der Waals surface area contributed by atoms with E-state index in [1.54, 1.807) is 6.07 Å². The van der Waals surface area contributed by atoms with Gasteiger partial charge >= 0.3 is 0 Å². The predicted octanol–water partition coefficient (Wildman–Crippen LogP) is 4.53. The van der Waals surface area contributed by atoms with Gasteiger partial charge in [-0.2, -0.15) is 13.9 Å². The Morgan fingerprint density at radius 3 is 2.57 bits per heavy atom. The van der Waals surface area contributed by atoms with Crippen LogP contribution in [0, 0.1) is 23.3 Å². The summed E-state index contributed by atoms with van der Waals surface area (Å²) in [5.74, 6) is -7.45. The monoisotopic (exact) mass is 394 g/mol. The maximum atomic E-state index is 13.6. The lowest BCUT2D eigenvalue weighted by molar-refractivity contribution is 0.103. The van der Waals surface area contributed by atoms with E-state index in [9.17, 15) is 22.4 Å². The van der Waals surface area contributed by atoms with Crippen molar-refractivity contribution >= 4 is 11.9 Å². The number of rotatable bonds is 7. The number of aryl methyl sites for hydroxylation is 1. The lowest BCUT2D eigenvalue weighted by Gasteiger charge is -2.08. The van der Waals surface area contributed by atoms with Crippen LogP contribution in [0.2, 0.25) is 0 Å². The molecule has 0 aliphatic carbocycles. The van der Waals surface area contributed by atoms with E-state index in [0.717, 1.165) is 0 Å². The van der Waals surface area contributed by atoms with E-state index in [2.05, 4.69) is 5.10 Å². The third-order valence-corrected chi connectivity index (χ3v) is 3.78. The maximum Gasteiger partial charge on any atom is 0.203 e. The molecule has 1 aromatic carbocycles. The summed E-state index contributed by atoms with van der Waals surface area (Å²) in [6.45, 7) is 1.92. The zero-order valence-corrected chi connectivity index (χ0v) is 14.6. The van der Waals surface area contributed by atoms with Crippen LogP contribution >= 0.6 is 0 Å². The Morgan fingerprint density at radius 1 is 1.18 bits per heavy atom. The Kier molecular flexibility index (Phi) is 5.62. The SMILES string of the molecule is CCn1nccc1C(=O)/C=C/c1ccc(COc2c(F)c(F)cc(F)c2F)o1. The predicted molar refractivity (Wildman–Crippen MR) is 90.6 cm³/mol. The number of ether oxygens (including phenoxy) is 1. The summed E-state index contributed by atoms with van der Waals surface area (Å²) in [5.41, 5.74) is 0.410. The Morgan fingerprint density at radius 2 is 1.89 bits per heavy atom. The number of allylic oxidation sites excluding steroid dienone is 1. The van der Waals surface area contributed by atoms with Crippen LogP contribution in [0.5, 0.6) is 5.75 Å². The first-order valence-corrected chi connectivity index (χ1v) is 8.19. The molecule has 2 heterocycles. The molecule has 28 heavy (non-hydrogen) atoms. The van der Waals surface area contributed by atoms with Crippen molar-refractivity contribution in [3.63, 3.8) is 0 Å². The highest BCUT2D eigenvalue weighted by Crippen LogP contribution is 2.27. The fourth-order valence-electron chi connectivity index (χ4n) is 2.42. The Balaban J connectivity index is 1.68. The molecule has 0 N–H and O–H groups in total. The summed E-state index contributed by atoms with van der Waals surface area (Å²) in [6, 6.07) is 4.61. The van der Waals surface area contributed by atoms with Crippen molar-refractivity contribution in [3.8, 4) is 5.75 Å². The first kappa shape index (κ1) is 19.4. The molecular weight excluding hydrogens is 380 g/mol. The summed E-state index contributed by atoms with van der Waals surface area (Å²) in [7, 11) is 0. The van der Waals surface area contributed by atoms with E-state index in [0.29, 0.717) is 12.2 Å². The number of carbonyl (C=O) groups is 1. The van der Waals surface area contributed by atoms with Gasteiger partial charge in [0.25, 0.3) is 0 Å². The van der Waals surface area contributed by atoms with Gasteiger partial charge in [0, 0.05) is 18.8 Å². The standard InChI is InChI=1S/C19H14F4N2O3/c1-2-25-15(7-8-24-25)16(26)6-5-11-3-4-12(28-11)10-27-19-17(22)13(20)9-14(21)18(19)23/h3-9H,2,10H2,1H3/b6-5+. The number of nitrogens with zero attached hydrogens (tertiary/aromatic N) is 2. The van der Waals surface area contributed by atoms with Crippen molar-refractivity contribution in [2.24, 2.45) is 0 Å². The number of hydrogen-bond acceptors (Lipinski definition) is 4. The molecule has 3 rings (SSSR count). The second-order valence-corrected chi connectivity index (χ2v) is 5.62. The molecule has 0 spiro atoms. The van der Waals surface area contributed by atoms with Crippen LogP contribution in [0.15, 0.2) is 41.0 Å². The minimum Gasteiger partial charge on any atom is -0.479 e. The van der Waals surface area contributed by atoms with Crippen LogP contribution in [-0.2, 0) is 13.2 Å². The van der Waals surface area contributed by atoms with Crippen molar-refractivity contribution < 1.29 is 31.5 Å². The highest BCUT2D eigenvalue weighted by Gasteiger charge is 2.21. The molecule has 2 aromatic heterocycles. The maximum absolute atomic E-state index is 13.6. The van der Waals surface area contributed by atoms with Gasteiger partial charge in [-0.15, -0.1) is 0 Å². The fraction of sp³-hybridized carbons (Fsp3) is 0.158. The summed E-state index contributed by atoms with van der Waals surface area (Å²) >= 11 is 0. The van der Waals surface area contributed by atoms with Crippen molar-refractivity contribution in [1.29, 1.82) is 0 Å². The first-order chi connectivity index (χ1) is 13.4. The average Bonchev–Trinajstić information content (AvgIpc) is 3.33. The number of aromatic nitrogens is 2. The molecule has 0 bridgehead atoms. The topological polar surface area (TPSA) is 57.3 Å². The first-order valence-electron chi connectivity index (χ1n) is 8.19. The van der Waals surface area contributed by atoms with Gasteiger partial charge in [0.1, 0.15) is 23.8 Å². The van der Waals surface area contributed by atoms with Gasteiger partial charge < -0.3 is 9.15 Å². The van der Waals surface area contributed by atoms with Crippen molar-refractivity contribution in [2.45, 2.75) is 20.1 Å². The Hall–Kier alpha value is -3.36. The lowest BCUT2D eigenvalue weighted by atomic mass is 10.2. The number of halogens is 4. The Bertz CT molecular complexity index is 1010. The number of benzene rings is 1. The zero-order chi connectivity index (χ0) is 20.3. The van der Waals surface area contributed by atoms with Gasteiger partial charge in [0.2, 0.25) is 17.4 Å². The number of hydrogen-bond donors (Lipinski definition) is 0. The molecule has 5 nitrogen and oxygen atoms in total. The number of ketones is 1. The molecule has 0 radical (unpaired) electrons. The van der Waals surface area contributed by atoms with Crippen LogP contribution in [0.25, 0.3) is 6.08 Å². The summed E-state index contributed by atoms with van der Waals surface area (Å²) in [6.07, 6.45) is 4.20. The molecule has 146 valence electrons. The van der Waals surface area contributed by atoms with Gasteiger partial charge in [-0.1, -0.05) is 0 Å². The molecule has 9 heteroatoms. The van der Waals surface area contributed by atoms with Crippen molar-refractivity contribution in [1.82, 2.24) is 9.78 Å². The van der Waals surface area contributed by atoms with E-state index in [1.165, 1.54) is 35.2 Å².